The molecule has 0 aliphatic heterocycles. The van der Waals surface area contributed by atoms with Crippen LogP contribution in [-0.4, -0.2) is 23.7 Å². The number of halogens is 1. The van der Waals surface area contributed by atoms with E-state index in [2.05, 4.69) is 10.6 Å². The minimum absolute atomic E-state index is 0.163. The van der Waals surface area contributed by atoms with Crippen molar-refractivity contribution in [2.45, 2.75) is 32.2 Å². The second kappa shape index (κ2) is 6.35. The number of rotatable bonds is 5. The summed E-state index contributed by atoms with van der Waals surface area (Å²) in [5, 5.41) is 15.3. The Morgan fingerprint density at radius 1 is 1.43 bits per heavy atom. The van der Waals surface area contributed by atoms with Crippen molar-refractivity contribution in [2.75, 3.05) is 6.54 Å². The Morgan fingerprint density at radius 3 is 2.67 bits per heavy atom. The van der Waals surface area contributed by atoms with Crippen molar-refractivity contribution >= 4 is 23.6 Å². The number of hydrogen-bond acceptors (Lipinski definition) is 2. The first-order valence-electron chi connectivity index (χ1n) is 6.96. The zero-order chi connectivity index (χ0) is 15.5. The fraction of sp³-hybridized carbons (Fsp3) is 0.467. The summed E-state index contributed by atoms with van der Waals surface area (Å²) in [6, 6.07) is 6.69. The van der Waals surface area contributed by atoms with E-state index in [-0.39, 0.29) is 18.6 Å². The van der Waals surface area contributed by atoms with Gasteiger partial charge in [0.25, 0.3) is 0 Å². The molecule has 21 heavy (non-hydrogen) atoms. The maximum atomic E-state index is 11.9. The fourth-order valence-electron chi connectivity index (χ4n) is 2.43. The van der Waals surface area contributed by atoms with Gasteiger partial charge >= 0.3 is 12.0 Å². The van der Waals surface area contributed by atoms with Crippen LogP contribution < -0.4 is 10.6 Å². The van der Waals surface area contributed by atoms with Gasteiger partial charge in [-0.3, -0.25) is 4.79 Å². The summed E-state index contributed by atoms with van der Waals surface area (Å²) in [6.07, 6.45) is 2.13. The highest BCUT2D eigenvalue weighted by Gasteiger charge is 2.44. The van der Waals surface area contributed by atoms with Gasteiger partial charge in [0.05, 0.1) is 11.5 Å². The van der Waals surface area contributed by atoms with Gasteiger partial charge in [-0.25, -0.2) is 4.79 Å². The van der Waals surface area contributed by atoms with Gasteiger partial charge in [0.1, 0.15) is 0 Å². The number of aliphatic carboxylic acids is 1. The molecule has 3 N–H and O–H groups in total. The molecular formula is C15H19ClN2O3. The standard InChI is InChI=1S/C15H19ClN2O3/c1-10(11-4-2-5-12(16)8-11)18-14(21)17-9-15(13(19)20)6-3-7-15/h2,4-5,8,10H,3,6-7,9H2,1H3,(H,19,20)(H2,17,18,21). The molecule has 0 bridgehead atoms. The molecule has 1 aliphatic carbocycles. The number of hydrogen-bond donors (Lipinski definition) is 3. The molecule has 1 aromatic rings. The van der Waals surface area contributed by atoms with E-state index in [9.17, 15) is 14.7 Å². The SMILES string of the molecule is CC(NC(=O)NCC1(C(=O)O)CCC1)c1cccc(Cl)c1. The number of carbonyl (C=O) groups is 2. The molecule has 2 rings (SSSR count). The van der Waals surface area contributed by atoms with Crippen molar-refractivity contribution < 1.29 is 14.7 Å². The average Bonchev–Trinajstić information content (AvgIpc) is 2.36. The normalized spacial score (nSPS) is 17.4. The Balaban J connectivity index is 1.86. The van der Waals surface area contributed by atoms with Crippen LogP contribution in [0.25, 0.3) is 0 Å². The Hall–Kier alpha value is -1.75. The zero-order valence-corrected chi connectivity index (χ0v) is 12.6. The van der Waals surface area contributed by atoms with Crippen molar-refractivity contribution in [2.24, 2.45) is 5.41 Å². The highest BCUT2D eigenvalue weighted by Crippen LogP contribution is 2.40. The number of nitrogens with one attached hydrogen (secondary N) is 2. The molecule has 1 aliphatic rings. The van der Waals surface area contributed by atoms with Crippen LogP contribution in [0.15, 0.2) is 24.3 Å². The average molecular weight is 311 g/mol. The van der Waals surface area contributed by atoms with E-state index in [1.54, 1.807) is 12.1 Å². The van der Waals surface area contributed by atoms with Gasteiger partial charge < -0.3 is 15.7 Å². The third-order valence-corrected chi connectivity index (χ3v) is 4.28. The highest BCUT2D eigenvalue weighted by atomic mass is 35.5. The van der Waals surface area contributed by atoms with Crippen molar-refractivity contribution in [1.29, 1.82) is 0 Å². The molecule has 2 amide bonds. The molecular weight excluding hydrogens is 292 g/mol. The van der Waals surface area contributed by atoms with Gasteiger partial charge in [-0.15, -0.1) is 0 Å². The van der Waals surface area contributed by atoms with Crippen LogP contribution in [0.4, 0.5) is 4.79 Å². The van der Waals surface area contributed by atoms with E-state index in [0.717, 1.165) is 12.0 Å². The summed E-state index contributed by atoms with van der Waals surface area (Å²) in [5.74, 6) is -0.836. The van der Waals surface area contributed by atoms with Crippen LogP contribution in [0.1, 0.15) is 37.8 Å². The topological polar surface area (TPSA) is 78.4 Å². The molecule has 0 aromatic heterocycles. The van der Waals surface area contributed by atoms with Crippen LogP contribution in [0, 0.1) is 5.41 Å². The van der Waals surface area contributed by atoms with E-state index in [0.29, 0.717) is 17.9 Å². The molecule has 0 saturated heterocycles. The summed E-state index contributed by atoms with van der Waals surface area (Å²) in [7, 11) is 0. The molecule has 0 spiro atoms. The molecule has 1 atom stereocenters. The highest BCUT2D eigenvalue weighted by molar-refractivity contribution is 6.30. The lowest BCUT2D eigenvalue weighted by Crippen LogP contribution is -2.50. The molecule has 1 fully saturated rings. The monoisotopic (exact) mass is 310 g/mol. The number of carbonyl (C=O) groups excluding carboxylic acids is 1. The second-order valence-electron chi connectivity index (χ2n) is 5.54. The van der Waals surface area contributed by atoms with Crippen LogP contribution >= 0.6 is 11.6 Å². The minimum atomic E-state index is -0.836. The first kappa shape index (κ1) is 15.6. The Morgan fingerprint density at radius 2 is 2.14 bits per heavy atom. The lowest BCUT2D eigenvalue weighted by atomic mass is 9.69. The van der Waals surface area contributed by atoms with Crippen molar-refractivity contribution in [1.82, 2.24) is 10.6 Å². The van der Waals surface area contributed by atoms with Crippen molar-refractivity contribution in [3.8, 4) is 0 Å². The third-order valence-electron chi connectivity index (χ3n) is 4.05. The Bertz CT molecular complexity index is 543. The number of carboxylic acid groups (broad SMARTS) is 1. The smallest absolute Gasteiger partial charge is 0.315 e. The lowest BCUT2D eigenvalue weighted by Gasteiger charge is -2.37. The Labute approximate surface area is 128 Å². The van der Waals surface area contributed by atoms with Gasteiger partial charge in [-0.05, 0) is 37.5 Å². The molecule has 1 aromatic carbocycles. The second-order valence-corrected chi connectivity index (χ2v) is 5.98. The van der Waals surface area contributed by atoms with Gasteiger partial charge in [0.2, 0.25) is 0 Å². The summed E-state index contributed by atoms with van der Waals surface area (Å²) in [5.41, 5.74) is 0.116. The quantitative estimate of drug-likeness (QED) is 0.782. The molecule has 6 heteroatoms. The molecule has 0 radical (unpaired) electrons. The predicted molar refractivity (Wildman–Crippen MR) is 80.3 cm³/mol. The number of benzene rings is 1. The van der Waals surface area contributed by atoms with Crippen LogP contribution in [-0.2, 0) is 4.79 Å². The van der Waals surface area contributed by atoms with Gasteiger partial charge in [0, 0.05) is 11.6 Å². The Kier molecular flexibility index (Phi) is 4.73. The van der Waals surface area contributed by atoms with E-state index in [1.807, 2.05) is 19.1 Å². The largest absolute Gasteiger partial charge is 0.481 e. The zero-order valence-electron chi connectivity index (χ0n) is 11.9. The number of amides is 2. The lowest BCUT2D eigenvalue weighted by molar-refractivity contribution is -0.153. The molecule has 1 saturated carbocycles. The van der Waals surface area contributed by atoms with Crippen LogP contribution in [0.5, 0.6) is 0 Å². The predicted octanol–water partition coefficient (Wildman–Crippen LogP) is 2.96. The summed E-state index contributed by atoms with van der Waals surface area (Å²) >= 11 is 5.91. The molecule has 5 nitrogen and oxygen atoms in total. The molecule has 1 unspecified atom stereocenters. The molecule has 0 heterocycles. The first-order valence-corrected chi connectivity index (χ1v) is 7.34. The summed E-state index contributed by atoms with van der Waals surface area (Å²) in [6.45, 7) is 2.01. The number of urea groups is 1. The van der Waals surface area contributed by atoms with Crippen molar-refractivity contribution in [3.63, 3.8) is 0 Å². The summed E-state index contributed by atoms with van der Waals surface area (Å²) < 4.78 is 0. The van der Waals surface area contributed by atoms with Gasteiger partial charge in [-0.1, -0.05) is 30.2 Å². The van der Waals surface area contributed by atoms with E-state index in [4.69, 9.17) is 11.6 Å². The fourth-order valence-corrected chi connectivity index (χ4v) is 2.62. The van der Waals surface area contributed by atoms with E-state index < -0.39 is 11.4 Å². The van der Waals surface area contributed by atoms with Crippen LogP contribution in [0.3, 0.4) is 0 Å². The maximum Gasteiger partial charge on any atom is 0.315 e. The maximum absolute atomic E-state index is 11.9. The number of carboxylic acids is 1. The van der Waals surface area contributed by atoms with Gasteiger partial charge in [-0.2, -0.15) is 0 Å². The van der Waals surface area contributed by atoms with Crippen molar-refractivity contribution in [3.05, 3.63) is 34.9 Å². The molecule has 114 valence electrons. The summed E-state index contributed by atoms with van der Waals surface area (Å²) in [4.78, 5) is 23.1. The van der Waals surface area contributed by atoms with E-state index in [1.165, 1.54) is 0 Å². The van der Waals surface area contributed by atoms with Crippen LogP contribution in [0.2, 0.25) is 5.02 Å². The third kappa shape index (κ3) is 3.67. The van der Waals surface area contributed by atoms with E-state index >= 15 is 0 Å². The van der Waals surface area contributed by atoms with Gasteiger partial charge in [0.15, 0.2) is 0 Å². The first-order chi connectivity index (χ1) is 9.93. The minimum Gasteiger partial charge on any atom is -0.481 e.